The summed E-state index contributed by atoms with van der Waals surface area (Å²) in [5.41, 5.74) is 5.26. The molecule has 6 rings (SSSR count). The van der Waals surface area contributed by atoms with Crippen molar-refractivity contribution in [1.82, 2.24) is 9.88 Å². The second-order valence-electron chi connectivity index (χ2n) is 9.76. The van der Waals surface area contributed by atoms with E-state index in [9.17, 15) is 13.2 Å². The molecule has 1 amide bonds. The van der Waals surface area contributed by atoms with Crippen molar-refractivity contribution in [3.05, 3.63) is 100 Å². The summed E-state index contributed by atoms with van der Waals surface area (Å²) in [6.07, 6.45) is 0.835. The lowest BCUT2D eigenvalue weighted by atomic mass is 10.0. The summed E-state index contributed by atoms with van der Waals surface area (Å²) in [5.74, 6) is -1.16. The molecule has 0 spiro atoms. The molecular weight excluding hydrogens is 547 g/mol. The van der Waals surface area contributed by atoms with Gasteiger partial charge >= 0.3 is 0 Å². The second kappa shape index (κ2) is 10.7. The third-order valence-electron chi connectivity index (χ3n) is 6.85. The van der Waals surface area contributed by atoms with Gasteiger partial charge in [-0.2, -0.15) is 0 Å². The molecule has 0 aliphatic carbocycles. The number of rotatable bonds is 7. The fraction of sp³-hybridized carbons (Fsp3) is 0.200. The molecule has 0 saturated heterocycles. The van der Waals surface area contributed by atoms with Gasteiger partial charge in [0.1, 0.15) is 15.8 Å². The minimum Gasteiger partial charge on any atom is -0.316 e. The van der Waals surface area contributed by atoms with Gasteiger partial charge in [0.15, 0.2) is 9.84 Å². The first-order chi connectivity index (χ1) is 18.9. The van der Waals surface area contributed by atoms with E-state index in [0.717, 1.165) is 52.4 Å². The van der Waals surface area contributed by atoms with Crippen LogP contribution in [-0.2, 0) is 34.1 Å². The quantitative estimate of drug-likeness (QED) is 0.247. The Bertz CT molecular complexity index is 1720. The standard InChI is InChI=1S/C30H27N3O3S3/c1-20-11-13-22(14-12-20)39(35,36)19-27(34)32-30-28(29-31-24-9-5-6-10-25(24)37-29)23-15-16-33(18-26(23)38-30)17-21-7-3-2-4-8-21/h2-14H,15-19H2,1H3,(H,32,34). The van der Waals surface area contributed by atoms with Crippen molar-refractivity contribution in [2.45, 2.75) is 31.3 Å². The lowest BCUT2D eigenvalue weighted by Gasteiger charge is -2.27. The van der Waals surface area contributed by atoms with Crippen molar-refractivity contribution in [2.75, 3.05) is 17.6 Å². The molecule has 39 heavy (non-hydrogen) atoms. The Morgan fingerprint density at radius 3 is 2.49 bits per heavy atom. The highest BCUT2D eigenvalue weighted by molar-refractivity contribution is 7.92. The number of amides is 1. The molecule has 1 aliphatic heterocycles. The number of nitrogens with zero attached hydrogens (tertiary/aromatic N) is 2. The third kappa shape index (κ3) is 5.53. The van der Waals surface area contributed by atoms with Crippen LogP contribution in [0.4, 0.5) is 5.00 Å². The number of para-hydroxylation sites is 1. The Morgan fingerprint density at radius 2 is 1.72 bits per heavy atom. The van der Waals surface area contributed by atoms with E-state index in [2.05, 4.69) is 34.5 Å². The Hall–Kier alpha value is -3.37. The molecule has 0 radical (unpaired) electrons. The molecule has 9 heteroatoms. The van der Waals surface area contributed by atoms with E-state index in [4.69, 9.17) is 4.98 Å². The zero-order valence-electron chi connectivity index (χ0n) is 21.4. The fourth-order valence-electron chi connectivity index (χ4n) is 4.89. The highest BCUT2D eigenvalue weighted by atomic mass is 32.2. The summed E-state index contributed by atoms with van der Waals surface area (Å²) < 4.78 is 27.0. The van der Waals surface area contributed by atoms with E-state index in [1.807, 2.05) is 37.3 Å². The molecule has 0 bridgehead atoms. The molecule has 0 atom stereocenters. The smallest absolute Gasteiger partial charge is 0.240 e. The number of benzene rings is 3. The molecule has 0 unspecified atom stereocenters. The SMILES string of the molecule is Cc1ccc(S(=O)(=O)CC(=O)Nc2sc3c(c2-c2nc4ccccc4s2)CCN(Cc2ccccc2)C3)cc1. The summed E-state index contributed by atoms with van der Waals surface area (Å²) in [5, 5.41) is 4.48. The molecule has 2 aromatic heterocycles. The first kappa shape index (κ1) is 25.9. The maximum atomic E-state index is 13.1. The largest absolute Gasteiger partial charge is 0.316 e. The van der Waals surface area contributed by atoms with Gasteiger partial charge < -0.3 is 5.32 Å². The molecule has 1 N–H and O–H groups in total. The maximum Gasteiger partial charge on any atom is 0.240 e. The van der Waals surface area contributed by atoms with Crippen LogP contribution in [0, 0.1) is 6.92 Å². The molecule has 5 aromatic rings. The topological polar surface area (TPSA) is 79.4 Å². The number of aromatic nitrogens is 1. The number of sulfone groups is 1. The van der Waals surface area contributed by atoms with Crippen LogP contribution in [0.5, 0.6) is 0 Å². The zero-order chi connectivity index (χ0) is 27.0. The third-order valence-corrected chi connectivity index (χ3v) is 10.7. The van der Waals surface area contributed by atoms with Gasteiger partial charge in [-0.15, -0.1) is 22.7 Å². The van der Waals surface area contributed by atoms with Crippen LogP contribution in [0.2, 0.25) is 0 Å². The predicted octanol–water partition coefficient (Wildman–Crippen LogP) is 6.30. The average molecular weight is 574 g/mol. The van der Waals surface area contributed by atoms with Crippen LogP contribution in [0.1, 0.15) is 21.6 Å². The Balaban J connectivity index is 1.31. The molecule has 1 aliphatic rings. The normalized spacial score (nSPS) is 13.9. The number of hydrogen-bond acceptors (Lipinski definition) is 7. The molecular formula is C30H27N3O3S3. The molecule has 0 fully saturated rings. The molecule has 6 nitrogen and oxygen atoms in total. The summed E-state index contributed by atoms with van der Waals surface area (Å²) >= 11 is 3.13. The Morgan fingerprint density at radius 1 is 0.974 bits per heavy atom. The number of thiazole rings is 1. The van der Waals surface area contributed by atoms with Crippen LogP contribution >= 0.6 is 22.7 Å². The van der Waals surface area contributed by atoms with Crippen molar-refractivity contribution in [1.29, 1.82) is 0 Å². The van der Waals surface area contributed by atoms with Crippen molar-refractivity contribution in [2.24, 2.45) is 0 Å². The lowest BCUT2D eigenvalue weighted by Crippen LogP contribution is -2.29. The Kier molecular flexibility index (Phi) is 7.07. The van der Waals surface area contributed by atoms with Crippen molar-refractivity contribution >= 4 is 53.6 Å². The number of carbonyl (C=O) groups is 1. The fourth-order valence-corrected chi connectivity index (χ4v) is 8.44. The molecule has 3 heterocycles. The number of aryl methyl sites for hydroxylation is 1. The van der Waals surface area contributed by atoms with E-state index in [-0.39, 0.29) is 4.90 Å². The number of carbonyl (C=O) groups excluding carboxylic acids is 1. The van der Waals surface area contributed by atoms with Crippen molar-refractivity contribution in [3.63, 3.8) is 0 Å². The number of thiophene rings is 1. The molecule has 198 valence electrons. The summed E-state index contributed by atoms with van der Waals surface area (Å²) in [6, 6.07) is 25.0. The van der Waals surface area contributed by atoms with E-state index >= 15 is 0 Å². The van der Waals surface area contributed by atoms with Crippen molar-refractivity contribution < 1.29 is 13.2 Å². The maximum absolute atomic E-state index is 13.1. The van der Waals surface area contributed by atoms with E-state index in [0.29, 0.717) is 5.00 Å². The monoisotopic (exact) mass is 573 g/mol. The predicted molar refractivity (Wildman–Crippen MR) is 159 cm³/mol. The van der Waals surface area contributed by atoms with Gasteiger partial charge in [-0.05, 0) is 48.7 Å². The number of anilines is 1. The highest BCUT2D eigenvalue weighted by Crippen LogP contribution is 2.45. The molecule has 0 saturated carbocycles. The van der Waals surface area contributed by atoms with Crippen LogP contribution in [-0.4, -0.2) is 36.5 Å². The minimum atomic E-state index is -3.77. The summed E-state index contributed by atoms with van der Waals surface area (Å²) in [6.45, 7) is 4.41. The van der Waals surface area contributed by atoms with Crippen LogP contribution in [0.25, 0.3) is 20.8 Å². The Labute approximate surface area is 235 Å². The van der Waals surface area contributed by atoms with Gasteiger partial charge in [0, 0.05) is 30.1 Å². The van der Waals surface area contributed by atoms with Crippen LogP contribution in [0.3, 0.4) is 0 Å². The molecule has 3 aromatic carbocycles. The van der Waals surface area contributed by atoms with Gasteiger partial charge in [-0.25, -0.2) is 13.4 Å². The highest BCUT2D eigenvalue weighted by Gasteiger charge is 2.29. The van der Waals surface area contributed by atoms with Gasteiger partial charge in [-0.3, -0.25) is 9.69 Å². The van der Waals surface area contributed by atoms with Gasteiger partial charge in [-0.1, -0.05) is 60.2 Å². The first-order valence-corrected chi connectivity index (χ1v) is 16.0. The number of nitrogens with one attached hydrogen (secondary N) is 1. The van der Waals surface area contributed by atoms with Gasteiger partial charge in [0.25, 0.3) is 0 Å². The minimum absolute atomic E-state index is 0.150. The zero-order valence-corrected chi connectivity index (χ0v) is 23.8. The van der Waals surface area contributed by atoms with E-state index < -0.39 is 21.5 Å². The number of fused-ring (bicyclic) bond motifs is 2. The van der Waals surface area contributed by atoms with Gasteiger partial charge in [0.2, 0.25) is 5.91 Å². The van der Waals surface area contributed by atoms with Gasteiger partial charge in [0.05, 0.1) is 15.1 Å². The summed E-state index contributed by atoms with van der Waals surface area (Å²) in [4.78, 5) is 21.8. The van der Waals surface area contributed by atoms with Crippen LogP contribution < -0.4 is 5.32 Å². The summed E-state index contributed by atoms with van der Waals surface area (Å²) in [7, 11) is -3.77. The second-order valence-corrected chi connectivity index (χ2v) is 13.9. The lowest BCUT2D eigenvalue weighted by molar-refractivity contribution is -0.113. The number of hydrogen-bond donors (Lipinski definition) is 1. The van der Waals surface area contributed by atoms with E-state index in [1.54, 1.807) is 35.6 Å². The van der Waals surface area contributed by atoms with Crippen molar-refractivity contribution in [3.8, 4) is 10.6 Å². The average Bonchev–Trinajstić information content (AvgIpc) is 3.49. The first-order valence-electron chi connectivity index (χ1n) is 12.7. The van der Waals surface area contributed by atoms with Crippen LogP contribution in [0.15, 0.2) is 83.8 Å². The van der Waals surface area contributed by atoms with E-state index in [1.165, 1.54) is 27.3 Å².